The molecule has 4 N–H and O–H groups in total. The van der Waals surface area contributed by atoms with Crippen LogP contribution in [0.5, 0.6) is 0 Å². The summed E-state index contributed by atoms with van der Waals surface area (Å²) in [7, 11) is 0. The topological polar surface area (TPSA) is 97.9 Å². The number of carbonyl (C=O) groups is 1. The lowest BCUT2D eigenvalue weighted by Gasteiger charge is -2.12. The molecule has 0 radical (unpaired) electrons. The highest BCUT2D eigenvalue weighted by Gasteiger charge is 2.16. The zero-order valence-corrected chi connectivity index (χ0v) is 17.0. The van der Waals surface area contributed by atoms with E-state index in [1.807, 2.05) is 32.0 Å². The van der Waals surface area contributed by atoms with Crippen LogP contribution >= 0.6 is 0 Å². The van der Waals surface area contributed by atoms with Crippen molar-refractivity contribution in [2.24, 2.45) is 0 Å². The maximum atomic E-state index is 11.7. The van der Waals surface area contributed by atoms with Crippen LogP contribution in [0.2, 0.25) is 0 Å². The van der Waals surface area contributed by atoms with E-state index in [0.29, 0.717) is 12.4 Å². The van der Waals surface area contributed by atoms with E-state index in [2.05, 4.69) is 33.2 Å². The number of nitrogens with two attached hydrogens (primary N) is 1. The summed E-state index contributed by atoms with van der Waals surface area (Å²) >= 11 is 0. The number of urea groups is 1. The molecular formula is C21H30N6O. The molecule has 0 unspecified atom stereocenters. The molecule has 0 spiro atoms. The van der Waals surface area contributed by atoms with Crippen LogP contribution in [-0.2, 0) is 13.0 Å². The number of aromatic nitrogens is 3. The van der Waals surface area contributed by atoms with Gasteiger partial charge in [-0.2, -0.15) is 0 Å². The van der Waals surface area contributed by atoms with E-state index in [9.17, 15) is 4.79 Å². The van der Waals surface area contributed by atoms with Crippen molar-refractivity contribution in [3.8, 4) is 0 Å². The molecule has 2 heterocycles. The second-order valence-corrected chi connectivity index (χ2v) is 7.40. The van der Waals surface area contributed by atoms with E-state index >= 15 is 0 Å². The largest absolute Gasteiger partial charge is 0.382 e. The Morgan fingerprint density at radius 3 is 2.75 bits per heavy atom. The Morgan fingerprint density at radius 1 is 1.21 bits per heavy atom. The summed E-state index contributed by atoms with van der Waals surface area (Å²) in [5, 5.41) is 6.82. The van der Waals surface area contributed by atoms with Gasteiger partial charge in [0.05, 0.1) is 11.0 Å². The highest BCUT2D eigenvalue weighted by atomic mass is 16.2. The number of hydrogen-bond donors (Lipinski definition) is 3. The molecule has 0 fully saturated rings. The number of amides is 2. The number of anilines is 1. The van der Waals surface area contributed by atoms with E-state index in [1.54, 1.807) is 0 Å². The first kappa shape index (κ1) is 19.9. The zero-order valence-electron chi connectivity index (χ0n) is 17.0. The van der Waals surface area contributed by atoms with Gasteiger partial charge >= 0.3 is 6.03 Å². The second-order valence-electron chi connectivity index (χ2n) is 7.40. The summed E-state index contributed by atoms with van der Waals surface area (Å²) < 4.78 is 2.29. The number of para-hydroxylation sites is 1. The number of nitrogens with one attached hydrogen (secondary N) is 2. The van der Waals surface area contributed by atoms with Gasteiger partial charge in [-0.25, -0.2) is 14.8 Å². The molecule has 0 atom stereocenters. The third-order valence-electron chi connectivity index (χ3n) is 4.68. The van der Waals surface area contributed by atoms with Crippen molar-refractivity contribution >= 4 is 33.8 Å². The normalized spacial score (nSPS) is 11.4. The van der Waals surface area contributed by atoms with Gasteiger partial charge in [-0.05, 0) is 39.2 Å². The minimum atomic E-state index is -0.111. The van der Waals surface area contributed by atoms with Gasteiger partial charge in [0.2, 0.25) is 0 Å². The Balaban J connectivity index is 1.79. The Bertz CT molecular complexity index is 962. The molecule has 0 bridgehead atoms. The number of nitrogen functional groups attached to an aromatic ring is 1. The maximum absolute atomic E-state index is 11.7. The Morgan fingerprint density at radius 2 is 2.00 bits per heavy atom. The summed E-state index contributed by atoms with van der Waals surface area (Å²) in [6.45, 7) is 7.54. The molecule has 0 saturated carbocycles. The van der Waals surface area contributed by atoms with Gasteiger partial charge < -0.3 is 20.9 Å². The molecule has 0 saturated heterocycles. The van der Waals surface area contributed by atoms with E-state index in [-0.39, 0.29) is 12.1 Å². The molecule has 28 heavy (non-hydrogen) atoms. The molecule has 1 aromatic carbocycles. The van der Waals surface area contributed by atoms with E-state index < -0.39 is 0 Å². The molecule has 7 heteroatoms. The molecule has 3 aromatic rings. The van der Waals surface area contributed by atoms with Gasteiger partial charge in [0.25, 0.3) is 0 Å². The number of benzene rings is 1. The fraction of sp³-hybridized carbons (Fsp3) is 0.476. The number of aryl methyl sites for hydroxylation is 2. The lowest BCUT2D eigenvalue weighted by atomic mass is 10.2. The summed E-state index contributed by atoms with van der Waals surface area (Å²) in [4.78, 5) is 21.0. The predicted octanol–water partition coefficient (Wildman–Crippen LogP) is 3.61. The highest BCUT2D eigenvalue weighted by Crippen LogP contribution is 2.29. The lowest BCUT2D eigenvalue weighted by molar-refractivity contribution is 0.238. The lowest BCUT2D eigenvalue weighted by Crippen LogP contribution is -2.39. The molecule has 150 valence electrons. The predicted molar refractivity (Wildman–Crippen MR) is 114 cm³/mol. The first-order chi connectivity index (χ1) is 13.5. The third kappa shape index (κ3) is 4.35. The number of pyridine rings is 1. The number of imidazole rings is 1. The van der Waals surface area contributed by atoms with Gasteiger partial charge in [0.1, 0.15) is 11.3 Å². The highest BCUT2D eigenvalue weighted by molar-refractivity contribution is 6.06. The smallest absolute Gasteiger partial charge is 0.314 e. The van der Waals surface area contributed by atoms with Crippen LogP contribution in [0.15, 0.2) is 24.3 Å². The fourth-order valence-corrected chi connectivity index (χ4v) is 3.47. The number of hydrogen-bond acceptors (Lipinski definition) is 4. The number of fused-ring (bicyclic) bond motifs is 3. The Hall–Kier alpha value is -2.83. The molecular weight excluding hydrogens is 352 g/mol. The Kier molecular flexibility index (Phi) is 6.34. The molecule has 2 amide bonds. The molecule has 7 nitrogen and oxygen atoms in total. The van der Waals surface area contributed by atoms with E-state index in [4.69, 9.17) is 10.7 Å². The fourth-order valence-electron chi connectivity index (χ4n) is 3.47. The van der Waals surface area contributed by atoms with Crippen molar-refractivity contribution in [2.75, 3.05) is 12.3 Å². The van der Waals surface area contributed by atoms with Crippen LogP contribution < -0.4 is 16.4 Å². The quantitative estimate of drug-likeness (QED) is 0.518. The second kappa shape index (κ2) is 8.91. The van der Waals surface area contributed by atoms with Crippen molar-refractivity contribution in [2.45, 2.75) is 59.0 Å². The Labute approximate surface area is 165 Å². The van der Waals surface area contributed by atoms with Gasteiger partial charge in [-0.15, -0.1) is 0 Å². The van der Waals surface area contributed by atoms with Crippen molar-refractivity contribution in [1.82, 2.24) is 25.2 Å². The number of rotatable bonds is 8. The third-order valence-corrected chi connectivity index (χ3v) is 4.68. The standard InChI is InChI=1S/C21H30N6O/c1-4-9-17-26-18-19(15-10-5-6-11-16(15)25-20(18)22)27(17)13-8-7-12-23-21(28)24-14(2)3/h5-6,10-11,14H,4,7-9,12-13H2,1-3H3,(H2,22,25)(H2,23,24,28). The SMILES string of the molecule is CCCc1nc2c(N)nc3ccccc3c2n1CCCCNC(=O)NC(C)C. The van der Waals surface area contributed by atoms with Gasteiger partial charge in [0, 0.05) is 30.9 Å². The van der Waals surface area contributed by atoms with Crippen LogP contribution in [-0.4, -0.2) is 33.2 Å². The van der Waals surface area contributed by atoms with Crippen LogP contribution in [0.3, 0.4) is 0 Å². The van der Waals surface area contributed by atoms with Gasteiger partial charge in [-0.1, -0.05) is 25.1 Å². The van der Waals surface area contributed by atoms with E-state index in [0.717, 1.165) is 60.0 Å². The molecule has 0 aliphatic heterocycles. The summed E-state index contributed by atoms with van der Waals surface area (Å²) in [6, 6.07) is 8.09. The average molecular weight is 383 g/mol. The molecule has 0 aliphatic rings. The van der Waals surface area contributed by atoms with Gasteiger partial charge in [0.15, 0.2) is 5.82 Å². The summed E-state index contributed by atoms with van der Waals surface area (Å²) in [5.74, 6) is 1.53. The number of carbonyl (C=O) groups excluding carboxylic acids is 1. The van der Waals surface area contributed by atoms with Crippen LogP contribution in [0.4, 0.5) is 10.6 Å². The van der Waals surface area contributed by atoms with Crippen molar-refractivity contribution in [3.63, 3.8) is 0 Å². The van der Waals surface area contributed by atoms with Crippen molar-refractivity contribution in [3.05, 3.63) is 30.1 Å². The summed E-state index contributed by atoms with van der Waals surface area (Å²) in [6.07, 6.45) is 3.76. The van der Waals surface area contributed by atoms with Crippen LogP contribution in [0.25, 0.3) is 21.9 Å². The molecule has 0 aliphatic carbocycles. The van der Waals surface area contributed by atoms with Gasteiger partial charge in [-0.3, -0.25) is 0 Å². The first-order valence-electron chi connectivity index (χ1n) is 10.1. The minimum absolute atomic E-state index is 0.111. The maximum Gasteiger partial charge on any atom is 0.314 e. The van der Waals surface area contributed by atoms with E-state index in [1.165, 1.54) is 0 Å². The molecule has 3 rings (SSSR count). The zero-order chi connectivity index (χ0) is 20.1. The monoisotopic (exact) mass is 382 g/mol. The van der Waals surface area contributed by atoms with Crippen molar-refractivity contribution in [1.29, 1.82) is 0 Å². The van der Waals surface area contributed by atoms with Crippen LogP contribution in [0, 0.1) is 0 Å². The van der Waals surface area contributed by atoms with Crippen LogP contribution in [0.1, 0.15) is 45.9 Å². The van der Waals surface area contributed by atoms with Crippen molar-refractivity contribution < 1.29 is 4.79 Å². The average Bonchev–Trinajstić information content (AvgIpc) is 3.00. The summed E-state index contributed by atoms with van der Waals surface area (Å²) in [5.41, 5.74) is 8.96. The number of unbranched alkanes of at least 4 members (excludes halogenated alkanes) is 1. The number of nitrogens with zero attached hydrogens (tertiary/aromatic N) is 3. The molecule has 2 aromatic heterocycles. The minimum Gasteiger partial charge on any atom is -0.382 e. The first-order valence-corrected chi connectivity index (χ1v) is 10.1.